The van der Waals surface area contributed by atoms with E-state index in [0.717, 1.165) is 11.3 Å². The van der Waals surface area contributed by atoms with Gasteiger partial charge < -0.3 is 10.1 Å². The van der Waals surface area contributed by atoms with Crippen molar-refractivity contribution in [1.82, 2.24) is 15.8 Å². The molecule has 3 amide bonds. The second kappa shape index (κ2) is 10.2. The summed E-state index contributed by atoms with van der Waals surface area (Å²) in [5, 5.41) is 11.5. The van der Waals surface area contributed by atoms with Crippen LogP contribution in [-0.2, 0) is 11.3 Å². The van der Waals surface area contributed by atoms with Crippen molar-refractivity contribution in [2.45, 2.75) is 20.4 Å². The number of rotatable bonds is 8. The Labute approximate surface area is 158 Å². The first-order valence-corrected chi connectivity index (χ1v) is 8.65. The fourth-order valence-corrected chi connectivity index (χ4v) is 2.41. The summed E-state index contributed by atoms with van der Waals surface area (Å²) in [6, 6.07) is 11.8. The third-order valence-electron chi connectivity index (χ3n) is 3.78. The number of benzene rings is 1. The number of pyridine rings is 1. The summed E-state index contributed by atoms with van der Waals surface area (Å²) in [5.41, 5.74) is 3.53. The molecule has 0 aliphatic rings. The van der Waals surface area contributed by atoms with Crippen LogP contribution in [0, 0.1) is 6.92 Å². The number of nitrogens with one attached hydrogen (secondary N) is 2. The van der Waals surface area contributed by atoms with E-state index in [1.54, 1.807) is 35.8 Å². The minimum atomic E-state index is -0.590. The van der Waals surface area contributed by atoms with Crippen molar-refractivity contribution < 1.29 is 19.5 Å². The van der Waals surface area contributed by atoms with E-state index in [4.69, 9.17) is 9.94 Å². The Balaban J connectivity index is 2.16. The maximum atomic E-state index is 12.7. The molecule has 2 rings (SSSR count). The Bertz CT molecular complexity index is 765. The molecule has 0 aliphatic heterocycles. The Hall–Kier alpha value is -2.97. The van der Waals surface area contributed by atoms with E-state index in [1.807, 2.05) is 26.0 Å². The lowest BCUT2D eigenvalue weighted by Gasteiger charge is -2.23. The average Bonchev–Trinajstić information content (AvgIpc) is 2.69. The molecule has 1 aromatic carbocycles. The van der Waals surface area contributed by atoms with Crippen molar-refractivity contribution in [1.29, 1.82) is 0 Å². The Morgan fingerprint density at radius 1 is 1.19 bits per heavy atom. The number of carbonyl (C=O) groups excluding carboxylic acids is 2. The van der Waals surface area contributed by atoms with E-state index >= 15 is 0 Å². The number of nitrogens with zero attached hydrogens (tertiary/aromatic N) is 2. The van der Waals surface area contributed by atoms with E-state index in [1.165, 1.54) is 4.90 Å². The largest absolute Gasteiger partial charge is 0.380 e. The zero-order chi connectivity index (χ0) is 19.6. The monoisotopic (exact) mass is 372 g/mol. The summed E-state index contributed by atoms with van der Waals surface area (Å²) in [5.74, 6) is -0.0616. The van der Waals surface area contributed by atoms with Gasteiger partial charge in [-0.05, 0) is 43.7 Å². The molecule has 8 heteroatoms. The van der Waals surface area contributed by atoms with E-state index in [2.05, 4.69) is 10.3 Å². The molecular weight excluding hydrogens is 348 g/mol. The van der Waals surface area contributed by atoms with Gasteiger partial charge in [0.1, 0.15) is 5.82 Å². The molecule has 3 N–H and O–H groups in total. The lowest BCUT2D eigenvalue weighted by atomic mass is 10.1. The zero-order valence-electron chi connectivity index (χ0n) is 15.4. The molecule has 0 aliphatic carbocycles. The molecule has 0 unspecified atom stereocenters. The second-order valence-corrected chi connectivity index (χ2v) is 5.79. The van der Waals surface area contributed by atoms with E-state index < -0.39 is 5.91 Å². The van der Waals surface area contributed by atoms with Gasteiger partial charge in [0.2, 0.25) is 0 Å². The van der Waals surface area contributed by atoms with Crippen LogP contribution in [0.15, 0.2) is 42.5 Å². The highest BCUT2D eigenvalue weighted by atomic mass is 16.5. The van der Waals surface area contributed by atoms with Gasteiger partial charge in [0, 0.05) is 24.4 Å². The van der Waals surface area contributed by atoms with Gasteiger partial charge in [-0.3, -0.25) is 14.9 Å². The number of urea groups is 1. The number of hydrogen-bond donors (Lipinski definition) is 3. The topological polar surface area (TPSA) is 104 Å². The Morgan fingerprint density at radius 3 is 2.56 bits per heavy atom. The first kappa shape index (κ1) is 20.3. The van der Waals surface area contributed by atoms with Crippen molar-refractivity contribution in [2.75, 3.05) is 24.7 Å². The van der Waals surface area contributed by atoms with Crippen LogP contribution < -0.4 is 15.7 Å². The van der Waals surface area contributed by atoms with Crippen LogP contribution in [0.2, 0.25) is 0 Å². The molecule has 2 aromatic rings. The smallest absolute Gasteiger partial charge is 0.323 e. The minimum absolute atomic E-state index is 0.276. The SMILES string of the molecule is CCOCCNC(=O)N(Cc1ccc(C(=O)NO)cc1)c1cccc(C)n1. The maximum Gasteiger partial charge on any atom is 0.323 e. The molecule has 1 heterocycles. The molecule has 27 heavy (non-hydrogen) atoms. The van der Waals surface area contributed by atoms with E-state index in [0.29, 0.717) is 31.1 Å². The van der Waals surface area contributed by atoms with Gasteiger partial charge >= 0.3 is 6.03 Å². The van der Waals surface area contributed by atoms with Crippen LogP contribution in [-0.4, -0.2) is 41.9 Å². The van der Waals surface area contributed by atoms with Gasteiger partial charge in [-0.15, -0.1) is 0 Å². The molecule has 0 spiro atoms. The molecule has 0 atom stereocenters. The highest BCUT2D eigenvalue weighted by molar-refractivity contribution is 5.93. The van der Waals surface area contributed by atoms with Crippen LogP contribution in [0.1, 0.15) is 28.5 Å². The summed E-state index contributed by atoms with van der Waals surface area (Å²) in [7, 11) is 0. The standard InChI is InChI=1S/C19H24N4O4/c1-3-27-12-11-20-19(25)23(17-6-4-5-14(2)21-17)13-15-7-9-16(10-8-15)18(24)22-26/h4-10,26H,3,11-13H2,1-2H3,(H,20,25)(H,22,24). The van der Waals surface area contributed by atoms with Crippen LogP contribution in [0.25, 0.3) is 0 Å². The highest BCUT2D eigenvalue weighted by Gasteiger charge is 2.17. The molecule has 8 nitrogen and oxygen atoms in total. The number of amides is 3. The number of carbonyl (C=O) groups is 2. The highest BCUT2D eigenvalue weighted by Crippen LogP contribution is 2.16. The summed E-state index contributed by atoms with van der Waals surface area (Å²) < 4.78 is 5.25. The predicted molar refractivity (Wildman–Crippen MR) is 101 cm³/mol. The number of hydrogen-bond acceptors (Lipinski definition) is 5. The summed E-state index contributed by atoms with van der Waals surface area (Å²) in [6.07, 6.45) is 0. The van der Waals surface area contributed by atoms with Gasteiger partial charge in [0.15, 0.2) is 0 Å². The fourth-order valence-electron chi connectivity index (χ4n) is 2.41. The number of anilines is 1. The number of aromatic nitrogens is 1. The van der Waals surface area contributed by atoms with Gasteiger partial charge in [-0.2, -0.15) is 0 Å². The molecule has 0 saturated carbocycles. The molecule has 0 saturated heterocycles. The summed E-state index contributed by atoms with van der Waals surface area (Å²) in [6.45, 7) is 5.44. The average molecular weight is 372 g/mol. The quantitative estimate of drug-likeness (QED) is 0.375. The Kier molecular flexibility index (Phi) is 7.72. The number of hydroxylamine groups is 1. The van der Waals surface area contributed by atoms with E-state index in [9.17, 15) is 9.59 Å². The van der Waals surface area contributed by atoms with Crippen LogP contribution in [0.3, 0.4) is 0 Å². The minimum Gasteiger partial charge on any atom is -0.380 e. The van der Waals surface area contributed by atoms with Gasteiger partial charge in [-0.1, -0.05) is 18.2 Å². The van der Waals surface area contributed by atoms with Crippen molar-refractivity contribution >= 4 is 17.8 Å². The van der Waals surface area contributed by atoms with Crippen LogP contribution >= 0.6 is 0 Å². The summed E-state index contributed by atoms with van der Waals surface area (Å²) >= 11 is 0. The van der Waals surface area contributed by atoms with Crippen LogP contribution in [0.5, 0.6) is 0 Å². The van der Waals surface area contributed by atoms with Crippen molar-refractivity contribution in [3.05, 3.63) is 59.3 Å². The van der Waals surface area contributed by atoms with Gasteiger partial charge in [-0.25, -0.2) is 15.3 Å². The Morgan fingerprint density at radius 2 is 1.93 bits per heavy atom. The second-order valence-electron chi connectivity index (χ2n) is 5.79. The lowest BCUT2D eigenvalue weighted by Crippen LogP contribution is -2.41. The fraction of sp³-hybridized carbons (Fsp3) is 0.316. The number of aryl methyl sites for hydroxylation is 1. The summed E-state index contributed by atoms with van der Waals surface area (Å²) in [4.78, 5) is 30.1. The van der Waals surface area contributed by atoms with Crippen LogP contribution in [0.4, 0.5) is 10.6 Å². The molecule has 0 radical (unpaired) electrons. The maximum absolute atomic E-state index is 12.7. The zero-order valence-corrected chi connectivity index (χ0v) is 15.4. The molecule has 0 fully saturated rings. The van der Waals surface area contributed by atoms with Gasteiger partial charge in [0.05, 0.1) is 13.2 Å². The van der Waals surface area contributed by atoms with Crippen molar-refractivity contribution in [2.24, 2.45) is 0 Å². The van der Waals surface area contributed by atoms with Gasteiger partial charge in [0.25, 0.3) is 5.91 Å². The molecule has 1 aromatic heterocycles. The lowest BCUT2D eigenvalue weighted by molar-refractivity contribution is 0.0706. The molecule has 144 valence electrons. The third-order valence-corrected chi connectivity index (χ3v) is 3.78. The molecular formula is C19H24N4O4. The van der Waals surface area contributed by atoms with Crippen molar-refractivity contribution in [3.63, 3.8) is 0 Å². The normalized spacial score (nSPS) is 10.3. The first-order valence-electron chi connectivity index (χ1n) is 8.65. The predicted octanol–water partition coefficient (Wildman–Crippen LogP) is 2.26. The van der Waals surface area contributed by atoms with Crippen molar-refractivity contribution in [3.8, 4) is 0 Å². The molecule has 0 bridgehead atoms. The third kappa shape index (κ3) is 6.05. The first-order chi connectivity index (χ1) is 13.0. The van der Waals surface area contributed by atoms with E-state index in [-0.39, 0.29) is 12.6 Å². The number of ether oxygens (including phenoxy) is 1.